The number of benzene rings is 1. The van der Waals surface area contributed by atoms with Gasteiger partial charge in [-0.05, 0) is 29.8 Å². The topological polar surface area (TPSA) is 98.7 Å². The van der Waals surface area contributed by atoms with Gasteiger partial charge in [-0.1, -0.05) is 33.2 Å². The van der Waals surface area contributed by atoms with Crippen LogP contribution < -0.4 is 5.32 Å². The smallest absolute Gasteiger partial charge is 0.258 e. The lowest BCUT2D eigenvalue weighted by Gasteiger charge is -2.06. The van der Waals surface area contributed by atoms with Gasteiger partial charge in [-0.15, -0.1) is 0 Å². The van der Waals surface area contributed by atoms with E-state index >= 15 is 0 Å². The van der Waals surface area contributed by atoms with Crippen LogP contribution in [0, 0.1) is 0 Å². The molecular weight excluding hydrogens is 424 g/mol. The average molecular weight is 439 g/mol. The van der Waals surface area contributed by atoms with Gasteiger partial charge in [-0.3, -0.25) is 9.78 Å². The lowest BCUT2D eigenvalue weighted by Crippen LogP contribution is -2.26. The van der Waals surface area contributed by atoms with Crippen molar-refractivity contribution in [3.05, 3.63) is 71.4 Å². The molecule has 0 fully saturated rings. The van der Waals surface area contributed by atoms with Crippen molar-refractivity contribution in [2.75, 3.05) is 0 Å². The number of hydrogen-bond donors (Lipinski definition) is 1. The maximum Gasteiger partial charge on any atom is 0.258 e. The van der Waals surface area contributed by atoms with Gasteiger partial charge in [-0.2, -0.15) is 4.98 Å². The summed E-state index contributed by atoms with van der Waals surface area (Å²) in [5.41, 5.74) is 2.33. The third kappa shape index (κ3) is 4.32. The first-order valence-corrected chi connectivity index (χ1v) is 9.24. The van der Waals surface area contributed by atoms with Crippen molar-refractivity contribution in [3.8, 4) is 23.0 Å². The molecule has 0 saturated carbocycles. The fourth-order valence-electron chi connectivity index (χ4n) is 2.57. The highest BCUT2D eigenvalue weighted by Crippen LogP contribution is 2.20. The molecule has 0 radical (unpaired) electrons. The number of aromatic nitrogens is 5. The van der Waals surface area contributed by atoms with E-state index in [1.165, 1.54) is 0 Å². The van der Waals surface area contributed by atoms with E-state index < -0.39 is 0 Å². The van der Waals surface area contributed by atoms with Crippen molar-refractivity contribution in [1.82, 2.24) is 30.0 Å². The fourth-order valence-corrected chi connectivity index (χ4v) is 3.02. The highest BCUT2D eigenvalue weighted by Gasteiger charge is 2.13. The number of halogens is 1. The average Bonchev–Trinajstić information content (AvgIpc) is 3.37. The third-order valence-electron chi connectivity index (χ3n) is 3.92. The van der Waals surface area contributed by atoms with Crippen molar-refractivity contribution in [2.24, 2.45) is 0 Å². The van der Waals surface area contributed by atoms with Crippen LogP contribution in [0.1, 0.15) is 5.56 Å². The van der Waals surface area contributed by atoms with Gasteiger partial charge in [0, 0.05) is 35.2 Å². The van der Waals surface area contributed by atoms with E-state index in [1.807, 2.05) is 24.3 Å². The Hall–Kier alpha value is -3.33. The van der Waals surface area contributed by atoms with E-state index in [0.717, 1.165) is 15.6 Å². The molecule has 9 heteroatoms. The monoisotopic (exact) mass is 438 g/mol. The lowest BCUT2D eigenvalue weighted by atomic mass is 10.2. The standard InChI is InChI=1S/C19H15BrN6O2/c20-15-3-1-2-13(8-15)9-22-17(27)11-26-10-16(23-12-26)18-24-19(28-25-18)14-4-6-21-7-5-14/h1-8,10,12H,9,11H2,(H,22,27). The SMILES string of the molecule is O=C(Cn1cnc(-c2noc(-c3ccncc3)n2)c1)NCc1cccc(Br)c1. The van der Waals surface area contributed by atoms with Gasteiger partial charge in [0.05, 0.1) is 6.33 Å². The van der Waals surface area contributed by atoms with E-state index in [-0.39, 0.29) is 12.5 Å². The summed E-state index contributed by atoms with van der Waals surface area (Å²) >= 11 is 3.42. The quantitative estimate of drug-likeness (QED) is 0.496. The summed E-state index contributed by atoms with van der Waals surface area (Å²) in [6.07, 6.45) is 6.58. The molecule has 0 aliphatic rings. The maximum absolute atomic E-state index is 12.2. The Morgan fingerprint density at radius 2 is 2.07 bits per heavy atom. The molecule has 0 bridgehead atoms. The summed E-state index contributed by atoms with van der Waals surface area (Å²) in [7, 11) is 0. The van der Waals surface area contributed by atoms with E-state index in [0.29, 0.717) is 24.0 Å². The number of hydrogen-bond acceptors (Lipinski definition) is 6. The van der Waals surface area contributed by atoms with Gasteiger partial charge in [0.1, 0.15) is 12.2 Å². The summed E-state index contributed by atoms with van der Waals surface area (Å²) in [5, 5.41) is 6.84. The number of imidazole rings is 1. The zero-order valence-electron chi connectivity index (χ0n) is 14.6. The summed E-state index contributed by atoms with van der Waals surface area (Å²) in [4.78, 5) is 24.7. The van der Waals surface area contributed by atoms with Gasteiger partial charge in [0.2, 0.25) is 11.7 Å². The number of pyridine rings is 1. The number of nitrogens with one attached hydrogen (secondary N) is 1. The van der Waals surface area contributed by atoms with E-state index in [9.17, 15) is 4.79 Å². The van der Waals surface area contributed by atoms with Gasteiger partial charge in [0.15, 0.2) is 0 Å². The van der Waals surface area contributed by atoms with Crippen molar-refractivity contribution in [1.29, 1.82) is 0 Å². The lowest BCUT2D eigenvalue weighted by molar-refractivity contribution is -0.121. The summed E-state index contributed by atoms with van der Waals surface area (Å²) in [6, 6.07) is 11.4. The summed E-state index contributed by atoms with van der Waals surface area (Å²) in [6.45, 7) is 0.607. The number of carbonyl (C=O) groups is 1. The van der Waals surface area contributed by atoms with Crippen LogP contribution >= 0.6 is 15.9 Å². The molecule has 0 atom stereocenters. The molecule has 4 aromatic rings. The minimum Gasteiger partial charge on any atom is -0.350 e. The summed E-state index contributed by atoms with van der Waals surface area (Å²) < 4.78 is 7.92. The van der Waals surface area contributed by atoms with Gasteiger partial charge < -0.3 is 14.4 Å². The largest absolute Gasteiger partial charge is 0.350 e. The second kappa shape index (κ2) is 8.13. The zero-order chi connectivity index (χ0) is 19.3. The first-order valence-electron chi connectivity index (χ1n) is 8.45. The molecule has 140 valence electrons. The Morgan fingerprint density at radius 1 is 1.21 bits per heavy atom. The molecule has 0 unspecified atom stereocenters. The molecule has 0 spiro atoms. The molecule has 3 heterocycles. The van der Waals surface area contributed by atoms with Gasteiger partial charge in [0.25, 0.3) is 5.89 Å². The molecule has 1 aromatic carbocycles. The molecule has 1 N–H and O–H groups in total. The minimum absolute atomic E-state index is 0.116. The second-order valence-corrected chi connectivity index (χ2v) is 6.91. The second-order valence-electron chi connectivity index (χ2n) is 6.00. The molecule has 3 aromatic heterocycles. The first-order chi connectivity index (χ1) is 13.7. The van der Waals surface area contributed by atoms with Crippen LogP contribution in [0.4, 0.5) is 0 Å². The van der Waals surface area contributed by atoms with Crippen LogP contribution in [0.3, 0.4) is 0 Å². The molecule has 28 heavy (non-hydrogen) atoms. The Morgan fingerprint density at radius 3 is 2.89 bits per heavy atom. The molecular formula is C19H15BrN6O2. The van der Waals surface area contributed by atoms with Crippen LogP contribution in [0.15, 0.2) is 70.3 Å². The number of rotatable bonds is 6. The Labute approximate surface area is 168 Å². The number of nitrogens with zero attached hydrogens (tertiary/aromatic N) is 5. The highest BCUT2D eigenvalue weighted by atomic mass is 79.9. The first kappa shape index (κ1) is 18.1. The van der Waals surface area contributed by atoms with Crippen molar-refractivity contribution in [3.63, 3.8) is 0 Å². The molecule has 8 nitrogen and oxygen atoms in total. The van der Waals surface area contributed by atoms with Crippen LogP contribution in [0.25, 0.3) is 23.0 Å². The van der Waals surface area contributed by atoms with Gasteiger partial charge >= 0.3 is 0 Å². The predicted octanol–water partition coefficient (Wildman–Crippen LogP) is 3.07. The van der Waals surface area contributed by atoms with E-state index in [4.69, 9.17) is 4.52 Å². The summed E-state index contributed by atoms with van der Waals surface area (Å²) in [5.74, 6) is 0.633. The van der Waals surface area contributed by atoms with Crippen molar-refractivity contribution < 1.29 is 9.32 Å². The zero-order valence-corrected chi connectivity index (χ0v) is 16.2. The van der Waals surface area contributed by atoms with Crippen molar-refractivity contribution in [2.45, 2.75) is 13.1 Å². The highest BCUT2D eigenvalue weighted by molar-refractivity contribution is 9.10. The van der Waals surface area contributed by atoms with Crippen LogP contribution in [-0.4, -0.2) is 30.6 Å². The molecule has 0 aliphatic heterocycles. The Bertz CT molecular complexity index is 1090. The van der Waals surface area contributed by atoms with E-state index in [2.05, 4.69) is 41.4 Å². The normalized spacial score (nSPS) is 10.8. The molecule has 0 aliphatic carbocycles. The fraction of sp³-hybridized carbons (Fsp3) is 0.105. The maximum atomic E-state index is 12.2. The van der Waals surface area contributed by atoms with Crippen molar-refractivity contribution >= 4 is 21.8 Å². The molecule has 4 rings (SSSR count). The van der Waals surface area contributed by atoms with E-state index in [1.54, 1.807) is 41.6 Å². The predicted molar refractivity (Wildman–Crippen MR) is 105 cm³/mol. The molecule has 0 saturated heterocycles. The third-order valence-corrected chi connectivity index (χ3v) is 4.41. The Balaban J connectivity index is 1.38. The number of carbonyl (C=O) groups excluding carboxylic acids is 1. The molecule has 1 amide bonds. The van der Waals surface area contributed by atoms with Crippen LogP contribution in [-0.2, 0) is 17.9 Å². The van der Waals surface area contributed by atoms with Crippen LogP contribution in [0.2, 0.25) is 0 Å². The Kier molecular flexibility index (Phi) is 5.24. The van der Waals surface area contributed by atoms with Gasteiger partial charge in [-0.25, -0.2) is 4.98 Å². The van der Waals surface area contributed by atoms with Crippen LogP contribution in [0.5, 0.6) is 0 Å². The number of amides is 1. The minimum atomic E-state index is -0.116.